The van der Waals surface area contributed by atoms with Gasteiger partial charge in [-0.1, -0.05) is 17.7 Å². The molecule has 2 aromatic rings. The highest BCUT2D eigenvalue weighted by molar-refractivity contribution is 5.96. The Morgan fingerprint density at radius 1 is 1.03 bits per heavy atom. The summed E-state index contributed by atoms with van der Waals surface area (Å²) in [5, 5.41) is 4.22. The van der Waals surface area contributed by atoms with Gasteiger partial charge in [0.1, 0.15) is 0 Å². The van der Waals surface area contributed by atoms with Crippen LogP contribution < -0.4 is 10.6 Å². The average Bonchev–Trinajstić information content (AvgIpc) is 2.68. The second-order valence-electron chi connectivity index (χ2n) is 6.35. The Labute approximate surface area is 165 Å². The van der Waals surface area contributed by atoms with Crippen LogP contribution in [0, 0.1) is 31.3 Å². The first kappa shape index (κ1) is 21.9. The predicted molar refractivity (Wildman–Crippen MR) is 98.7 cm³/mol. The minimum absolute atomic E-state index is 0.316. The third-order valence-corrected chi connectivity index (χ3v) is 4.00. The maximum Gasteiger partial charge on any atom is 0.339 e. The summed E-state index contributed by atoms with van der Waals surface area (Å²) in [4.78, 5) is 36.0. The molecule has 0 radical (unpaired) electrons. The average molecular weight is 408 g/mol. The van der Waals surface area contributed by atoms with Crippen molar-refractivity contribution in [3.8, 4) is 0 Å². The van der Waals surface area contributed by atoms with Gasteiger partial charge in [-0.05, 0) is 44.5 Å². The molecule has 0 aliphatic rings. The number of halogens is 3. The molecule has 1 atom stereocenters. The molecule has 0 spiro atoms. The first-order valence-electron chi connectivity index (χ1n) is 8.59. The van der Waals surface area contributed by atoms with E-state index in [-0.39, 0.29) is 0 Å². The summed E-state index contributed by atoms with van der Waals surface area (Å²) < 4.78 is 44.7. The Morgan fingerprint density at radius 2 is 1.72 bits per heavy atom. The van der Waals surface area contributed by atoms with E-state index in [2.05, 4.69) is 5.32 Å². The molecule has 9 heteroatoms. The highest BCUT2D eigenvalue weighted by atomic mass is 19.2. The molecular weight excluding hydrogens is 389 g/mol. The number of nitrogens with one attached hydrogen (secondary N) is 2. The molecule has 2 rings (SSSR count). The van der Waals surface area contributed by atoms with Gasteiger partial charge < -0.3 is 15.4 Å². The molecule has 0 saturated heterocycles. The summed E-state index contributed by atoms with van der Waals surface area (Å²) in [7, 11) is 0. The first-order valence-corrected chi connectivity index (χ1v) is 8.59. The summed E-state index contributed by atoms with van der Waals surface area (Å²) in [5.41, 5.74) is 1.27. The van der Waals surface area contributed by atoms with Crippen LogP contribution in [0.2, 0.25) is 0 Å². The molecule has 0 heterocycles. The van der Waals surface area contributed by atoms with Crippen molar-refractivity contribution >= 4 is 23.5 Å². The molecule has 6 nitrogen and oxygen atoms in total. The maximum absolute atomic E-state index is 13.5. The molecule has 2 aromatic carbocycles. The molecule has 0 aliphatic carbocycles. The van der Waals surface area contributed by atoms with Crippen LogP contribution >= 0.6 is 0 Å². The quantitative estimate of drug-likeness (QED) is 0.569. The van der Waals surface area contributed by atoms with E-state index < -0.39 is 53.6 Å². The second-order valence-corrected chi connectivity index (χ2v) is 6.35. The van der Waals surface area contributed by atoms with E-state index >= 15 is 0 Å². The zero-order chi connectivity index (χ0) is 21.7. The number of rotatable bonds is 6. The van der Waals surface area contributed by atoms with E-state index in [1.807, 2.05) is 11.4 Å². The number of amides is 2. The van der Waals surface area contributed by atoms with Gasteiger partial charge in [0.15, 0.2) is 23.6 Å². The topological polar surface area (TPSA) is 84.5 Å². The number of esters is 1. The molecular formula is C20H19F3N2O4. The van der Waals surface area contributed by atoms with Crippen molar-refractivity contribution in [2.45, 2.75) is 26.9 Å². The van der Waals surface area contributed by atoms with Crippen LogP contribution in [0.3, 0.4) is 0 Å². The van der Waals surface area contributed by atoms with Gasteiger partial charge in [0.25, 0.3) is 5.91 Å². The van der Waals surface area contributed by atoms with Crippen LogP contribution in [-0.4, -0.2) is 30.4 Å². The fraction of sp³-hybridized carbons (Fsp3) is 0.250. The molecule has 2 amide bonds. The zero-order valence-corrected chi connectivity index (χ0v) is 15.9. The lowest BCUT2D eigenvalue weighted by Gasteiger charge is -2.15. The first-order chi connectivity index (χ1) is 13.6. The molecule has 154 valence electrons. The number of aryl methyl sites for hydroxylation is 2. The van der Waals surface area contributed by atoms with Gasteiger partial charge in [-0.2, -0.15) is 0 Å². The number of hydrogen-bond acceptors (Lipinski definition) is 4. The van der Waals surface area contributed by atoms with Crippen molar-refractivity contribution in [2.75, 3.05) is 11.9 Å². The Morgan fingerprint density at radius 3 is 2.41 bits per heavy atom. The van der Waals surface area contributed by atoms with Gasteiger partial charge in [-0.25, -0.2) is 18.0 Å². The largest absolute Gasteiger partial charge is 0.449 e. The van der Waals surface area contributed by atoms with Gasteiger partial charge >= 0.3 is 5.97 Å². The van der Waals surface area contributed by atoms with Crippen molar-refractivity contribution in [1.29, 1.82) is 0 Å². The van der Waals surface area contributed by atoms with Gasteiger partial charge in [-0.15, -0.1) is 0 Å². The molecule has 0 aromatic heterocycles. The summed E-state index contributed by atoms with van der Waals surface area (Å²) in [6.07, 6.45) is -1.20. The lowest BCUT2D eigenvalue weighted by molar-refractivity contribution is -0.130. The summed E-state index contributed by atoms with van der Waals surface area (Å²) in [5.74, 6) is -7.00. The van der Waals surface area contributed by atoms with Crippen LogP contribution in [0.25, 0.3) is 0 Å². The Balaban J connectivity index is 1.89. The van der Waals surface area contributed by atoms with Crippen molar-refractivity contribution in [2.24, 2.45) is 0 Å². The van der Waals surface area contributed by atoms with Crippen LogP contribution in [0.5, 0.6) is 0 Å². The minimum atomic E-state index is -1.72. The molecule has 1 unspecified atom stereocenters. The minimum Gasteiger partial charge on any atom is -0.449 e. The monoisotopic (exact) mass is 408 g/mol. The van der Waals surface area contributed by atoms with Crippen molar-refractivity contribution < 1.29 is 32.3 Å². The Hall–Kier alpha value is -3.36. The van der Waals surface area contributed by atoms with Crippen molar-refractivity contribution in [1.82, 2.24) is 5.32 Å². The van der Waals surface area contributed by atoms with E-state index in [1.165, 1.54) is 6.92 Å². The molecule has 0 aliphatic heterocycles. The second kappa shape index (κ2) is 9.22. The fourth-order valence-corrected chi connectivity index (χ4v) is 2.36. The molecule has 0 bridgehead atoms. The summed E-state index contributed by atoms with van der Waals surface area (Å²) in [6.45, 7) is 4.26. The van der Waals surface area contributed by atoms with Gasteiger partial charge in [0, 0.05) is 0 Å². The standard InChI is InChI=1S/C20H19F3N2O4/c1-10-4-5-11(2)13(8-10)20(28)29-12(3)19(27)24-9-16(26)25-15-7-6-14(21)17(22)18(15)23/h4-8,12H,9H2,1-3H3,(H,24,27)(H,25,26). The number of ether oxygens (including phenoxy) is 1. The summed E-state index contributed by atoms with van der Waals surface area (Å²) in [6, 6.07) is 6.71. The van der Waals surface area contributed by atoms with Gasteiger partial charge in [0.2, 0.25) is 5.91 Å². The molecule has 29 heavy (non-hydrogen) atoms. The van der Waals surface area contributed by atoms with E-state index in [0.717, 1.165) is 11.6 Å². The van der Waals surface area contributed by atoms with E-state index in [4.69, 9.17) is 4.74 Å². The molecule has 2 N–H and O–H groups in total. The predicted octanol–water partition coefficient (Wildman–Crippen LogP) is 3.02. The van der Waals surface area contributed by atoms with E-state index in [1.54, 1.807) is 26.0 Å². The van der Waals surface area contributed by atoms with E-state index in [0.29, 0.717) is 17.2 Å². The fourth-order valence-electron chi connectivity index (χ4n) is 2.36. The van der Waals surface area contributed by atoms with Crippen molar-refractivity contribution in [3.63, 3.8) is 0 Å². The van der Waals surface area contributed by atoms with E-state index in [9.17, 15) is 27.6 Å². The highest BCUT2D eigenvalue weighted by Gasteiger charge is 2.21. The molecule has 0 saturated carbocycles. The van der Waals surface area contributed by atoms with Crippen molar-refractivity contribution in [3.05, 3.63) is 64.5 Å². The Kier molecular flexibility index (Phi) is 6.98. The number of carbonyl (C=O) groups is 3. The third kappa shape index (κ3) is 5.56. The van der Waals surface area contributed by atoms with Gasteiger partial charge in [0.05, 0.1) is 17.8 Å². The normalized spacial score (nSPS) is 11.5. The van der Waals surface area contributed by atoms with Crippen LogP contribution in [0.1, 0.15) is 28.4 Å². The smallest absolute Gasteiger partial charge is 0.339 e. The lowest BCUT2D eigenvalue weighted by Crippen LogP contribution is -2.40. The van der Waals surface area contributed by atoms with Crippen LogP contribution in [-0.2, 0) is 14.3 Å². The maximum atomic E-state index is 13.5. The number of hydrogen-bond donors (Lipinski definition) is 2. The lowest BCUT2D eigenvalue weighted by atomic mass is 10.1. The van der Waals surface area contributed by atoms with Gasteiger partial charge in [-0.3, -0.25) is 9.59 Å². The van der Waals surface area contributed by atoms with Crippen LogP contribution in [0.4, 0.5) is 18.9 Å². The number of benzene rings is 2. The SMILES string of the molecule is Cc1ccc(C)c(C(=O)OC(C)C(=O)NCC(=O)Nc2ccc(F)c(F)c2F)c1. The van der Waals surface area contributed by atoms with Crippen LogP contribution in [0.15, 0.2) is 30.3 Å². The zero-order valence-electron chi connectivity index (χ0n) is 15.9. The summed E-state index contributed by atoms with van der Waals surface area (Å²) >= 11 is 0. The third-order valence-electron chi connectivity index (χ3n) is 4.00. The molecule has 0 fully saturated rings. The number of anilines is 1. The highest BCUT2D eigenvalue weighted by Crippen LogP contribution is 2.19. The number of carbonyl (C=O) groups excluding carboxylic acids is 3. The Bertz CT molecular complexity index is 963.